The Morgan fingerprint density at radius 2 is 1.89 bits per heavy atom. The number of aliphatic carboxylic acids is 1. The number of hydrogen-bond acceptors (Lipinski definition) is 2. The van der Waals surface area contributed by atoms with Gasteiger partial charge < -0.3 is 10.0 Å². The van der Waals surface area contributed by atoms with E-state index >= 15 is 0 Å². The molecule has 1 N–H and O–H groups in total. The van der Waals surface area contributed by atoms with E-state index in [1.54, 1.807) is 0 Å². The van der Waals surface area contributed by atoms with Crippen molar-refractivity contribution in [2.24, 2.45) is 11.8 Å². The quantitative estimate of drug-likeness (QED) is 0.884. The zero-order chi connectivity index (χ0) is 13.4. The van der Waals surface area contributed by atoms with Crippen LogP contribution >= 0.6 is 0 Å². The summed E-state index contributed by atoms with van der Waals surface area (Å²) < 4.78 is 0. The van der Waals surface area contributed by atoms with E-state index in [-0.39, 0.29) is 17.7 Å². The second-order valence-corrected chi connectivity index (χ2v) is 5.43. The predicted octanol–water partition coefficient (Wildman–Crippen LogP) is 2.08. The summed E-state index contributed by atoms with van der Waals surface area (Å²) in [5, 5.41) is 8.88. The van der Waals surface area contributed by atoms with Crippen LogP contribution in [0.3, 0.4) is 0 Å². The lowest BCUT2D eigenvalue weighted by Gasteiger charge is -2.37. The summed E-state index contributed by atoms with van der Waals surface area (Å²) in [4.78, 5) is 25.1. The molecule has 0 spiro atoms. The van der Waals surface area contributed by atoms with Crippen molar-refractivity contribution < 1.29 is 14.7 Å². The molecule has 4 nitrogen and oxygen atoms in total. The third kappa shape index (κ3) is 2.11. The molecule has 1 heterocycles. The Bertz CT molecular complexity index is 520. The fourth-order valence-electron chi connectivity index (χ4n) is 3.00. The van der Waals surface area contributed by atoms with Crippen molar-refractivity contribution >= 4 is 17.6 Å². The van der Waals surface area contributed by atoms with E-state index in [0.29, 0.717) is 12.8 Å². The molecule has 19 heavy (non-hydrogen) atoms. The van der Waals surface area contributed by atoms with E-state index in [4.69, 9.17) is 5.11 Å². The number of fused-ring (bicyclic) bond motifs is 1. The van der Waals surface area contributed by atoms with Crippen LogP contribution in [0.5, 0.6) is 0 Å². The van der Waals surface area contributed by atoms with Crippen LogP contribution in [0.15, 0.2) is 24.3 Å². The first-order valence-electron chi connectivity index (χ1n) is 6.79. The number of amides is 1. The zero-order valence-electron chi connectivity index (χ0n) is 10.7. The van der Waals surface area contributed by atoms with Crippen LogP contribution in [0.1, 0.15) is 24.8 Å². The molecule has 2 aliphatic rings. The molecule has 0 saturated heterocycles. The topological polar surface area (TPSA) is 57.6 Å². The minimum Gasteiger partial charge on any atom is -0.481 e. The first kappa shape index (κ1) is 12.2. The third-order valence-corrected chi connectivity index (χ3v) is 4.21. The molecule has 1 amide bonds. The Morgan fingerprint density at radius 3 is 2.63 bits per heavy atom. The molecule has 1 aromatic rings. The zero-order valence-corrected chi connectivity index (χ0v) is 10.7. The maximum atomic E-state index is 12.4. The van der Waals surface area contributed by atoms with E-state index in [0.717, 1.165) is 25.1 Å². The average Bonchev–Trinajstić information content (AvgIpc) is 2.35. The largest absolute Gasteiger partial charge is 0.481 e. The number of rotatable bonds is 2. The summed E-state index contributed by atoms with van der Waals surface area (Å²) in [5.74, 6) is -1.10. The Labute approximate surface area is 112 Å². The van der Waals surface area contributed by atoms with Crippen molar-refractivity contribution in [1.29, 1.82) is 0 Å². The molecule has 1 aliphatic heterocycles. The maximum Gasteiger partial charge on any atom is 0.306 e. The number of carboxylic acid groups (broad SMARTS) is 1. The smallest absolute Gasteiger partial charge is 0.306 e. The third-order valence-electron chi connectivity index (χ3n) is 4.21. The van der Waals surface area contributed by atoms with E-state index in [9.17, 15) is 9.59 Å². The Kier molecular flexibility index (Phi) is 3.01. The molecule has 1 saturated carbocycles. The van der Waals surface area contributed by atoms with Gasteiger partial charge in [-0.15, -0.1) is 0 Å². The Hall–Kier alpha value is -1.84. The highest BCUT2D eigenvalue weighted by Crippen LogP contribution is 2.37. The van der Waals surface area contributed by atoms with E-state index < -0.39 is 5.97 Å². The fraction of sp³-hybridized carbons (Fsp3) is 0.467. The van der Waals surface area contributed by atoms with Gasteiger partial charge in [-0.1, -0.05) is 18.2 Å². The monoisotopic (exact) mass is 259 g/mol. The number of hydrogen-bond donors (Lipinski definition) is 1. The number of para-hydroxylation sites is 1. The lowest BCUT2D eigenvalue weighted by atomic mass is 9.74. The van der Waals surface area contributed by atoms with Crippen LogP contribution in [-0.2, 0) is 16.0 Å². The average molecular weight is 259 g/mol. The van der Waals surface area contributed by atoms with Crippen LogP contribution in [-0.4, -0.2) is 23.5 Å². The molecule has 0 bridgehead atoms. The molecular formula is C15H17NO3. The van der Waals surface area contributed by atoms with Gasteiger partial charge in [-0.25, -0.2) is 0 Å². The van der Waals surface area contributed by atoms with Crippen LogP contribution in [0, 0.1) is 11.8 Å². The standard InChI is InChI=1S/C15H17NO3/c17-14(11-8-12(9-11)15(18)19)16-7-3-5-10-4-1-2-6-13(10)16/h1-2,4,6,11-12H,3,5,7-9H2,(H,18,19). The lowest BCUT2D eigenvalue weighted by molar-refractivity contribution is -0.148. The highest BCUT2D eigenvalue weighted by atomic mass is 16.4. The van der Waals surface area contributed by atoms with Gasteiger partial charge in [0.1, 0.15) is 0 Å². The van der Waals surface area contributed by atoms with E-state index in [1.807, 2.05) is 23.1 Å². The van der Waals surface area contributed by atoms with Crippen molar-refractivity contribution in [3.63, 3.8) is 0 Å². The van der Waals surface area contributed by atoms with Gasteiger partial charge >= 0.3 is 5.97 Å². The second kappa shape index (κ2) is 4.68. The molecule has 100 valence electrons. The maximum absolute atomic E-state index is 12.4. The van der Waals surface area contributed by atoms with Crippen molar-refractivity contribution in [3.8, 4) is 0 Å². The molecule has 1 aliphatic carbocycles. The normalized spacial score (nSPS) is 25.4. The second-order valence-electron chi connectivity index (χ2n) is 5.43. The number of nitrogens with zero attached hydrogens (tertiary/aromatic N) is 1. The number of anilines is 1. The SMILES string of the molecule is O=C(O)C1CC(C(=O)N2CCCc3ccccc32)C1. The van der Waals surface area contributed by atoms with Gasteiger partial charge in [-0.2, -0.15) is 0 Å². The van der Waals surface area contributed by atoms with Crippen LogP contribution in [0.4, 0.5) is 5.69 Å². The van der Waals surface area contributed by atoms with Gasteiger partial charge in [-0.05, 0) is 37.3 Å². The molecule has 1 fully saturated rings. The summed E-state index contributed by atoms with van der Waals surface area (Å²) >= 11 is 0. The molecule has 4 heteroatoms. The molecule has 0 atom stereocenters. The molecule has 3 rings (SSSR count). The van der Waals surface area contributed by atoms with Crippen LogP contribution in [0.2, 0.25) is 0 Å². The van der Waals surface area contributed by atoms with Crippen molar-refractivity contribution in [3.05, 3.63) is 29.8 Å². The molecule has 1 aromatic carbocycles. The van der Waals surface area contributed by atoms with E-state index in [1.165, 1.54) is 5.56 Å². The van der Waals surface area contributed by atoms with Crippen LogP contribution < -0.4 is 4.90 Å². The van der Waals surface area contributed by atoms with Gasteiger partial charge in [0.25, 0.3) is 0 Å². The number of benzene rings is 1. The minimum atomic E-state index is -0.775. The van der Waals surface area contributed by atoms with Gasteiger partial charge in [0.2, 0.25) is 5.91 Å². The predicted molar refractivity (Wildman–Crippen MR) is 71.0 cm³/mol. The molecule has 0 radical (unpaired) electrons. The molecular weight excluding hydrogens is 242 g/mol. The van der Waals surface area contributed by atoms with Crippen LogP contribution in [0.25, 0.3) is 0 Å². The van der Waals surface area contributed by atoms with Crippen molar-refractivity contribution in [2.75, 3.05) is 11.4 Å². The van der Waals surface area contributed by atoms with Crippen molar-refractivity contribution in [1.82, 2.24) is 0 Å². The van der Waals surface area contributed by atoms with E-state index in [2.05, 4.69) is 6.07 Å². The Balaban J connectivity index is 1.74. The number of aryl methyl sites for hydroxylation is 1. The first-order valence-corrected chi connectivity index (χ1v) is 6.79. The number of carbonyl (C=O) groups excluding carboxylic acids is 1. The summed E-state index contributed by atoms with van der Waals surface area (Å²) in [5.41, 5.74) is 2.23. The number of carbonyl (C=O) groups is 2. The van der Waals surface area contributed by atoms with Gasteiger partial charge in [-0.3, -0.25) is 9.59 Å². The Morgan fingerprint density at radius 1 is 1.16 bits per heavy atom. The van der Waals surface area contributed by atoms with Gasteiger partial charge in [0.05, 0.1) is 5.92 Å². The lowest BCUT2D eigenvalue weighted by Crippen LogP contribution is -2.45. The molecule has 0 aromatic heterocycles. The summed E-state index contributed by atoms with van der Waals surface area (Å²) in [6.45, 7) is 0.754. The van der Waals surface area contributed by atoms with Gasteiger partial charge in [0.15, 0.2) is 0 Å². The van der Waals surface area contributed by atoms with Crippen molar-refractivity contribution in [2.45, 2.75) is 25.7 Å². The summed E-state index contributed by atoms with van der Waals surface area (Å²) in [6.07, 6.45) is 2.99. The summed E-state index contributed by atoms with van der Waals surface area (Å²) in [6, 6.07) is 8.00. The number of carboxylic acids is 1. The fourth-order valence-corrected chi connectivity index (χ4v) is 3.00. The molecule has 0 unspecified atom stereocenters. The highest BCUT2D eigenvalue weighted by Gasteiger charge is 2.41. The highest BCUT2D eigenvalue weighted by molar-refractivity contribution is 5.97. The summed E-state index contributed by atoms with van der Waals surface area (Å²) in [7, 11) is 0. The minimum absolute atomic E-state index is 0.102. The van der Waals surface area contributed by atoms with Gasteiger partial charge in [0, 0.05) is 18.2 Å². The first-order chi connectivity index (χ1) is 9.16.